The zero-order valence-corrected chi connectivity index (χ0v) is 15.3. The summed E-state index contributed by atoms with van der Waals surface area (Å²) in [6.07, 6.45) is 1.80. The van der Waals surface area contributed by atoms with Gasteiger partial charge in [-0.15, -0.1) is 12.4 Å². The van der Waals surface area contributed by atoms with Crippen LogP contribution in [-0.4, -0.2) is 19.0 Å². The molecule has 1 saturated heterocycles. The van der Waals surface area contributed by atoms with Crippen LogP contribution in [0.15, 0.2) is 48.5 Å². The average molecular weight is 361 g/mol. The van der Waals surface area contributed by atoms with Gasteiger partial charge in [0.25, 0.3) is 0 Å². The number of aryl methyl sites for hydroxylation is 1. The van der Waals surface area contributed by atoms with E-state index in [1.807, 2.05) is 36.4 Å². The molecule has 0 radical (unpaired) electrons. The number of carbonyl (C=O) groups excluding carboxylic acids is 1. The van der Waals surface area contributed by atoms with Crippen LogP contribution in [0.4, 0.5) is 5.69 Å². The summed E-state index contributed by atoms with van der Waals surface area (Å²) < 4.78 is 5.88. The molecule has 1 amide bonds. The van der Waals surface area contributed by atoms with Gasteiger partial charge in [0.2, 0.25) is 5.91 Å². The Labute approximate surface area is 155 Å². The molecule has 2 N–H and O–H groups in total. The third kappa shape index (κ3) is 5.48. The normalized spacial score (nSPS) is 14.4. The van der Waals surface area contributed by atoms with Gasteiger partial charge in [-0.25, -0.2) is 0 Å². The van der Waals surface area contributed by atoms with Crippen LogP contribution in [-0.2, 0) is 11.4 Å². The van der Waals surface area contributed by atoms with Crippen molar-refractivity contribution in [3.63, 3.8) is 0 Å². The third-order valence-corrected chi connectivity index (χ3v) is 4.47. The van der Waals surface area contributed by atoms with Crippen molar-refractivity contribution in [3.05, 3.63) is 59.7 Å². The molecule has 0 saturated carbocycles. The molecule has 1 aliphatic rings. The highest BCUT2D eigenvalue weighted by Crippen LogP contribution is 2.21. The minimum absolute atomic E-state index is 0. The maximum absolute atomic E-state index is 12.3. The molecule has 1 aliphatic heterocycles. The van der Waals surface area contributed by atoms with Gasteiger partial charge in [-0.05, 0) is 56.1 Å². The first-order valence-corrected chi connectivity index (χ1v) is 8.51. The van der Waals surface area contributed by atoms with Crippen LogP contribution in [0.3, 0.4) is 0 Å². The molecule has 2 aromatic rings. The van der Waals surface area contributed by atoms with E-state index in [2.05, 4.69) is 29.7 Å². The molecule has 25 heavy (non-hydrogen) atoms. The Kier molecular flexibility index (Phi) is 7.29. The predicted molar refractivity (Wildman–Crippen MR) is 103 cm³/mol. The van der Waals surface area contributed by atoms with Gasteiger partial charge < -0.3 is 15.4 Å². The first kappa shape index (κ1) is 19.3. The number of anilines is 1. The lowest BCUT2D eigenvalue weighted by Gasteiger charge is -2.21. The van der Waals surface area contributed by atoms with Gasteiger partial charge in [-0.3, -0.25) is 4.79 Å². The quantitative estimate of drug-likeness (QED) is 0.849. The molecule has 0 atom stereocenters. The van der Waals surface area contributed by atoms with Crippen molar-refractivity contribution >= 4 is 24.0 Å². The topological polar surface area (TPSA) is 50.4 Å². The minimum atomic E-state index is 0. The Morgan fingerprint density at radius 1 is 1.16 bits per heavy atom. The highest BCUT2D eigenvalue weighted by molar-refractivity contribution is 5.92. The number of amides is 1. The summed E-state index contributed by atoms with van der Waals surface area (Å²) in [6.45, 7) is 4.43. The lowest BCUT2D eigenvalue weighted by Crippen LogP contribution is -2.34. The van der Waals surface area contributed by atoms with Gasteiger partial charge in [-0.2, -0.15) is 0 Å². The number of piperidine rings is 1. The van der Waals surface area contributed by atoms with E-state index in [4.69, 9.17) is 4.74 Å². The molecule has 0 bridgehead atoms. The second kappa shape index (κ2) is 9.44. The van der Waals surface area contributed by atoms with Gasteiger partial charge in [0.1, 0.15) is 12.4 Å². The van der Waals surface area contributed by atoms with Crippen molar-refractivity contribution in [3.8, 4) is 5.75 Å². The average Bonchev–Trinajstić information content (AvgIpc) is 2.62. The Morgan fingerprint density at radius 2 is 1.92 bits per heavy atom. The molecule has 4 nitrogen and oxygen atoms in total. The Hall–Kier alpha value is -2.04. The molecular weight excluding hydrogens is 336 g/mol. The first-order chi connectivity index (χ1) is 11.7. The number of hydrogen-bond acceptors (Lipinski definition) is 3. The van der Waals surface area contributed by atoms with E-state index in [9.17, 15) is 4.79 Å². The number of hydrogen-bond donors (Lipinski definition) is 2. The van der Waals surface area contributed by atoms with Crippen LogP contribution >= 0.6 is 12.4 Å². The zero-order valence-electron chi connectivity index (χ0n) is 14.5. The summed E-state index contributed by atoms with van der Waals surface area (Å²) in [5.41, 5.74) is 3.18. The van der Waals surface area contributed by atoms with Crippen molar-refractivity contribution in [2.45, 2.75) is 26.4 Å². The fourth-order valence-electron chi connectivity index (χ4n) is 2.93. The Balaban J connectivity index is 0.00000225. The summed E-state index contributed by atoms with van der Waals surface area (Å²) in [5.74, 6) is 0.969. The monoisotopic (exact) mass is 360 g/mol. The molecule has 0 spiro atoms. The summed E-state index contributed by atoms with van der Waals surface area (Å²) >= 11 is 0. The van der Waals surface area contributed by atoms with Crippen LogP contribution in [0, 0.1) is 12.8 Å². The zero-order chi connectivity index (χ0) is 16.8. The van der Waals surface area contributed by atoms with Crippen molar-refractivity contribution in [2.75, 3.05) is 18.4 Å². The number of benzene rings is 2. The molecule has 1 heterocycles. The van der Waals surface area contributed by atoms with Crippen LogP contribution in [0.2, 0.25) is 0 Å². The highest BCUT2D eigenvalue weighted by Gasteiger charge is 2.20. The standard InChI is InChI=1S/C20H24N2O2.ClH/c1-15-5-2-3-6-17(15)14-24-19-8-4-7-18(13-19)22-20(23)16-9-11-21-12-10-16;/h2-8,13,16,21H,9-12,14H2,1H3,(H,22,23);1H. The fraction of sp³-hybridized carbons (Fsp3) is 0.350. The van der Waals surface area contributed by atoms with E-state index >= 15 is 0 Å². The van der Waals surface area contributed by atoms with Gasteiger partial charge in [0.05, 0.1) is 0 Å². The van der Waals surface area contributed by atoms with Crippen molar-refractivity contribution in [1.29, 1.82) is 0 Å². The molecule has 2 aromatic carbocycles. The van der Waals surface area contributed by atoms with Crippen molar-refractivity contribution < 1.29 is 9.53 Å². The summed E-state index contributed by atoms with van der Waals surface area (Å²) in [7, 11) is 0. The second-order valence-corrected chi connectivity index (χ2v) is 6.26. The molecule has 3 rings (SSSR count). The number of ether oxygens (including phenoxy) is 1. The van der Waals surface area contributed by atoms with E-state index in [-0.39, 0.29) is 24.2 Å². The van der Waals surface area contributed by atoms with Crippen LogP contribution in [0.25, 0.3) is 0 Å². The minimum Gasteiger partial charge on any atom is -0.489 e. The van der Waals surface area contributed by atoms with E-state index in [0.717, 1.165) is 37.4 Å². The maximum atomic E-state index is 12.3. The van der Waals surface area contributed by atoms with Crippen molar-refractivity contribution in [2.24, 2.45) is 5.92 Å². The number of halogens is 1. The van der Waals surface area contributed by atoms with Gasteiger partial charge in [-0.1, -0.05) is 30.3 Å². The van der Waals surface area contributed by atoms with Crippen LogP contribution < -0.4 is 15.4 Å². The number of nitrogens with one attached hydrogen (secondary N) is 2. The SMILES string of the molecule is Cc1ccccc1COc1cccc(NC(=O)C2CCNCC2)c1.Cl. The molecule has 0 aromatic heterocycles. The van der Waals surface area contributed by atoms with Gasteiger partial charge >= 0.3 is 0 Å². The smallest absolute Gasteiger partial charge is 0.227 e. The van der Waals surface area contributed by atoms with E-state index < -0.39 is 0 Å². The number of carbonyl (C=O) groups is 1. The first-order valence-electron chi connectivity index (χ1n) is 8.51. The molecule has 5 heteroatoms. The van der Waals surface area contributed by atoms with E-state index in [0.29, 0.717) is 6.61 Å². The largest absolute Gasteiger partial charge is 0.489 e. The highest BCUT2D eigenvalue weighted by atomic mass is 35.5. The lowest BCUT2D eigenvalue weighted by atomic mass is 9.97. The number of rotatable bonds is 5. The van der Waals surface area contributed by atoms with Crippen molar-refractivity contribution in [1.82, 2.24) is 5.32 Å². The molecule has 1 fully saturated rings. The molecule has 0 unspecified atom stereocenters. The predicted octanol–water partition coefficient (Wildman–Crippen LogP) is 3.93. The fourth-order valence-corrected chi connectivity index (χ4v) is 2.93. The Bertz CT molecular complexity index is 700. The van der Waals surface area contributed by atoms with E-state index in [1.54, 1.807) is 0 Å². The lowest BCUT2D eigenvalue weighted by molar-refractivity contribution is -0.120. The summed E-state index contributed by atoms with van der Waals surface area (Å²) in [5, 5.41) is 6.29. The summed E-state index contributed by atoms with van der Waals surface area (Å²) in [6, 6.07) is 15.8. The van der Waals surface area contributed by atoms with Crippen LogP contribution in [0.1, 0.15) is 24.0 Å². The molecule has 0 aliphatic carbocycles. The Morgan fingerprint density at radius 3 is 2.68 bits per heavy atom. The second-order valence-electron chi connectivity index (χ2n) is 6.26. The summed E-state index contributed by atoms with van der Waals surface area (Å²) in [4.78, 5) is 12.3. The third-order valence-electron chi connectivity index (χ3n) is 4.47. The van der Waals surface area contributed by atoms with E-state index in [1.165, 1.54) is 11.1 Å². The van der Waals surface area contributed by atoms with Crippen LogP contribution in [0.5, 0.6) is 5.75 Å². The molecular formula is C20H25ClN2O2. The van der Waals surface area contributed by atoms with Gasteiger partial charge in [0, 0.05) is 17.7 Å². The maximum Gasteiger partial charge on any atom is 0.227 e. The van der Waals surface area contributed by atoms with Gasteiger partial charge in [0.15, 0.2) is 0 Å². The molecule has 134 valence electrons.